The molecule has 7 nitrogen and oxygen atoms in total. The number of rotatable bonds is 6. The normalized spacial score (nSPS) is 10.2. The molecule has 0 atom stereocenters. The highest BCUT2D eigenvalue weighted by molar-refractivity contribution is 6.38. The molecule has 0 unspecified atom stereocenters. The van der Waals surface area contributed by atoms with Crippen molar-refractivity contribution in [3.63, 3.8) is 0 Å². The Morgan fingerprint density at radius 3 is 1.96 bits per heavy atom. The van der Waals surface area contributed by atoms with Crippen LogP contribution >= 0.6 is 23.2 Å². The Balaban J connectivity index is 2.42. The van der Waals surface area contributed by atoms with E-state index in [1.54, 1.807) is 0 Å². The molecule has 0 fully saturated rings. The number of methoxy groups -OCH3 is 3. The summed E-state index contributed by atoms with van der Waals surface area (Å²) in [6.45, 7) is 0. The second-order valence-electron chi connectivity index (χ2n) is 4.99. The van der Waals surface area contributed by atoms with Crippen molar-refractivity contribution in [2.45, 2.75) is 0 Å². The molecular formula is C17H15Cl2NO6. The third-order valence-corrected chi connectivity index (χ3v) is 4.09. The van der Waals surface area contributed by atoms with Crippen LogP contribution in [0.25, 0.3) is 0 Å². The third kappa shape index (κ3) is 3.95. The molecule has 138 valence electrons. The van der Waals surface area contributed by atoms with Gasteiger partial charge in [0.1, 0.15) is 0 Å². The average Bonchev–Trinajstić information content (AvgIpc) is 2.61. The number of carbonyl (C=O) groups excluding carboxylic acids is 1. The van der Waals surface area contributed by atoms with Crippen molar-refractivity contribution in [3.05, 3.63) is 45.4 Å². The van der Waals surface area contributed by atoms with Crippen LogP contribution in [0.5, 0.6) is 17.2 Å². The fraction of sp³-hybridized carbons (Fsp3) is 0.176. The van der Waals surface area contributed by atoms with Crippen molar-refractivity contribution in [2.24, 2.45) is 0 Å². The van der Waals surface area contributed by atoms with E-state index >= 15 is 0 Å². The topological polar surface area (TPSA) is 94.1 Å². The Morgan fingerprint density at radius 1 is 0.923 bits per heavy atom. The smallest absolute Gasteiger partial charge is 0.337 e. The zero-order valence-electron chi connectivity index (χ0n) is 14.1. The minimum absolute atomic E-state index is 0.0340. The summed E-state index contributed by atoms with van der Waals surface area (Å²) in [6.07, 6.45) is 0. The van der Waals surface area contributed by atoms with E-state index in [1.807, 2.05) is 0 Å². The van der Waals surface area contributed by atoms with E-state index in [-0.39, 0.29) is 26.9 Å². The summed E-state index contributed by atoms with van der Waals surface area (Å²) in [7, 11) is 4.30. The summed E-state index contributed by atoms with van der Waals surface area (Å²) in [5.74, 6) is -0.861. The first-order valence-corrected chi connectivity index (χ1v) is 7.91. The molecule has 0 spiro atoms. The molecule has 1 amide bonds. The van der Waals surface area contributed by atoms with Gasteiger partial charge in [0.05, 0.1) is 42.6 Å². The van der Waals surface area contributed by atoms with E-state index in [1.165, 1.54) is 45.6 Å². The number of aromatic carboxylic acids is 1. The van der Waals surface area contributed by atoms with Gasteiger partial charge in [-0.25, -0.2) is 4.79 Å². The Kier molecular flexibility index (Phi) is 6.18. The minimum Gasteiger partial charge on any atom is -0.493 e. The molecule has 0 heterocycles. The van der Waals surface area contributed by atoms with Gasteiger partial charge in [0, 0.05) is 5.56 Å². The SMILES string of the molecule is COc1cc(C(=O)Nc2cc(C(=O)O)c(Cl)cc2Cl)cc(OC)c1OC. The van der Waals surface area contributed by atoms with Crippen molar-refractivity contribution >= 4 is 40.8 Å². The summed E-state index contributed by atoms with van der Waals surface area (Å²) < 4.78 is 15.6. The molecule has 2 rings (SSSR count). The number of carbonyl (C=O) groups is 2. The van der Waals surface area contributed by atoms with Crippen molar-refractivity contribution in [1.82, 2.24) is 0 Å². The quantitative estimate of drug-likeness (QED) is 0.762. The molecule has 0 saturated carbocycles. The van der Waals surface area contributed by atoms with Crippen molar-refractivity contribution < 1.29 is 28.9 Å². The lowest BCUT2D eigenvalue weighted by molar-refractivity contribution is 0.0696. The molecule has 0 aliphatic rings. The first-order valence-electron chi connectivity index (χ1n) is 7.16. The van der Waals surface area contributed by atoms with Crippen LogP contribution in [0.4, 0.5) is 5.69 Å². The second kappa shape index (κ2) is 8.16. The van der Waals surface area contributed by atoms with Crippen LogP contribution < -0.4 is 19.5 Å². The highest BCUT2D eigenvalue weighted by atomic mass is 35.5. The van der Waals surface area contributed by atoms with E-state index in [4.69, 9.17) is 42.5 Å². The number of halogens is 2. The molecular weight excluding hydrogens is 385 g/mol. The minimum atomic E-state index is -1.24. The number of ether oxygens (including phenoxy) is 3. The molecule has 2 N–H and O–H groups in total. The van der Waals surface area contributed by atoms with E-state index < -0.39 is 11.9 Å². The predicted molar refractivity (Wildman–Crippen MR) is 97.5 cm³/mol. The van der Waals surface area contributed by atoms with Crippen LogP contribution in [0, 0.1) is 0 Å². The monoisotopic (exact) mass is 399 g/mol. The van der Waals surface area contributed by atoms with E-state index in [9.17, 15) is 9.59 Å². The van der Waals surface area contributed by atoms with Gasteiger partial charge in [0.15, 0.2) is 11.5 Å². The van der Waals surface area contributed by atoms with Gasteiger partial charge in [-0.15, -0.1) is 0 Å². The van der Waals surface area contributed by atoms with Crippen LogP contribution in [-0.4, -0.2) is 38.3 Å². The number of benzene rings is 2. The highest BCUT2D eigenvalue weighted by Crippen LogP contribution is 2.38. The Labute approximate surface area is 159 Å². The van der Waals surface area contributed by atoms with Crippen LogP contribution in [0.15, 0.2) is 24.3 Å². The number of hydrogen-bond donors (Lipinski definition) is 2. The van der Waals surface area contributed by atoms with Crippen molar-refractivity contribution in [1.29, 1.82) is 0 Å². The van der Waals surface area contributed by atoms with Gasteiger partial charge >= 0.3 is 5.97 Å². The number of carboxylic acid groups (broad SMARTS) is 1. The standard InChI is InChI=1S/C17H15Cl2NO6/c1-24-13-4-8(5-14(25-2)15(13)26-3)16(21)20-12-6-9(17(22)23)10(18)7-11(12)19/h4-7H,1-3H3,(H,20,21)(H,22,23). The third-order valence-electron chi connectivity index (χ3n) is 3.46. The fourth-order valence-electron chi connectivity index (χ4n) is 2.22. The number of amides is 1. The largest absolute Gasteiger partial charge is 0.493 e. The van der Waals surface area contributed by atoms with Crippen LogP contribution in [0.3, 0.4) is 0 Å². The maximum absolute atomic E-state index is 12.6. The average molecular weight is 400 g/mol. The van der Waals surface area contributed by atoms with Gasteiger partial charge in [0.25, 0.3) is 5.91 Å². The first-order chi connectivity index (χ1) is 12.3. The van der Waals surface area contributed by atoms with Crippen LogP contribution in [0.2, 0.25) is 10.0 Å². The summed E-state index contributed by atoms with van der Waals surface area (Å²) in [4.78, 5) is 23.8. The Morgan fingerprint density at radius 2 is 1.50 bits per heavy atom. The molecule has 2 aromatic carbocycles. The lowest BCUT2D eigenvalue weighted by atomic mass is 10.1. The van der Waals surface area contributed by atoms with Gasteiger partial charge in [0.2, 0.25) is 5.75 Å². The molecule has 2 aromatic rings. The molecule has 0 saturated heterocycles. The molecule has 0 aliphatic carbocycles. The zero-order chi connectivity index (χ0) is 19.4. The maximum atomic E-state index is 12.6. The lowest BCUT2D eigenvalue weighted by Crippen LogP contribution is -2.14. The van der Waals surface area contributed by atoms with Gasteiger partial charge in [-0.1, -0.05) is 23.2 Å². The molecule has 0 aliphatic heterocycles. The van der Waals surface area contributed by atoms with E-state index in [2.05, 4.69) is 5.32 Å². The first kappa shape index (κ1) is 19.7. The maximum Gasteiger partial charge on any atom is 0.337 e. The van der Waals surface area contributed by atoms with Gasteiger partial charge in [-0.05, 0) is 24.3 Å². The second-order valence-corrected chi connectivity index (χ2v) is 5.80. The highest BCUT2D eigenvalue weighted by Gasteiger charge is 2.19. The van der Waals surface area contributed by atoms with E-state index in [0.717, 1.165) is 0 Å². The summed E-state index contributed by atoms with van der Waals surface area (Å²) in [5, 5.41) is 11.7. The molecule has 0 radical (unpaired) electrons. The van der Waals surface area contributed by atoms with Gasteiger partial charge < -0.3 is 24.6 Å². The number of nitrogens with one attached hydrogen (secondary N) is 1. The lowest BCUT2D eigenvalue weighted by Gasteiger charge is -2.14. The van der Waals surface area contributed by atoms with Crippen LogP contribution in [-0.2, 0) is 0 Å². The van der Waals surface area contributed by atoms with Gasteiger partial charge in [-0.3, -0.25) is 4.79 Å². The zero-order valence-corrected chi connectivity index (χ0v) is 15.6. The predicted octanol–water partition coefficient (Wildman–Crippen LogP) is 3.97. The number of hydrogen-bond acceptors (Lipinski definition) is 5. The fourth-order valence-corrected chi connectivity index (χ4v) is 2.73. The Hall–Kier alpha value is -2.64. The van der Waals surface area contributed by atoms with Crippen LogP contribution in [0.1, 0.15) is 20.7 Å². The molecule has 26 heavy (non-hydrogen) atoms. The van der Waals surface area contributed by atoms with Gasteiger partial charge in [-0.2, -0.15) is 0 Å². The summed E-state index contributed by atoms with van der Waals surface area (Å²) >= 11 is 11.9. The molecule has 0 bridgehead atoms. The summed E-state index contributed by atoms with van der Waals surface area (Å²) in [6, 6.07) is 5.34. The van der Waals surface area contributed by atoms with Crippen molar-refractivity contribution in [2.75, 3.05) is 26.6 Å². The number of carboxylic acids is 1. The Bertz CT molecular complexity index is 844. The number of anilines is 1. The van der Waals surface area contributed by atoms with Crippen molar-refractivity contribution in [3.8, 4) is 17.2 Å². The van der Waals surface area contributed by atoms with E-state index in [0.29, 0.717) is 17.2 Å². The summed E-state index contributed by atoms with van der Waals surface area (Å²) in [5.41, 5.74) is 0.117. The molecule has 9 heteroatoms. The molecule has 0 aromatic heterocycles.